The van der Waals surface area contributed by atoms with Crippen LogP contribution < -0.4 is 15.5 Å². The Labute approximate surface area is 268 Å². The standard InChI is InChI=1S/C35H38ClN5O4/c1-24(42)22-40-23-41(29-9-3-2-4-10-29)35(34(40)45)15-17-39(18-16-35)33(44)31(19-25-11-13-28(36)14-12-25)38-32(43)30-20-26-7-5-6-8-27(26)21-37-30/h2-14,30-31,37H,15-23H2,1H3,(H,38,43). The number of benzene rings is 3. The van der Waals surface area contributed by atoms with Crippen molar-refractivity contribution in [1.29, 1.82) is 0 Å². The van der Waals surface area contributed by atoms with Gasteiger partial charge in [-0.25, -0.2) is 0 Å². The van der Waals surface area contributed by atoms with E-state index in [0.717, 1.165) is 16.8 Å². The van der Waals surface area contributed by atoms with Crippen LogP contribution in [0.2, 0.25) is 5.02 Å². The Morgan fingerprint density at radius 3 is 2.31 bits per heavy atom. The maximum Gasteiger partial charge on any atom is 0.250 e. The molecular formula is C35H38ClN5O4. The number of rotatable bonds is 8. The van der Waals surface area contributed by atoms with Crippen LogP contribution in [0.15, 0.2) is 78.9 Å². The van der Waals surface area contributed by atoms with Gasteiger partial charge in [0.1, 0.15) is 17.4 Å². The zero-order chi connectivity index (χ0) is 31.6. The number of likely N-dealkylation sites (tertiary alicyclic amines) is 1. The van der Waals surface area contributed by atoms with Crippen LogP contribution in [0.1, 0.15) is 36.5 Å². The first-order valence-corrected chi connectivity index (χ1v) is 15.9. The average Bonchev–Trinajstić information content (AvgIpc) is 3.31. The number of anilines is 1. The van der Waals surface area contributed by atoms with Crippen LogP contribution >= 0.6 is 11.6 Å². The quantitative estimate of drug-likeness (QED) is 0.397. The number of Topliss-reactive ketones (excluding diaryl/α,β-unsaturated/α-hetero) is 1. The van der Waals surface area contributed by atoms with Crippen molar-refractivity contribution in [3.63, 3.8) is 0 Å². The molecule has 0 bridgehead atoms. The van der Waals surface area contributed by atoms with Crippen LogP contribution in [0, 0.1) is 0 Å². The molecule has 3 aromatic rings. The molecule has 3 aromatic carbocycles. The summed E-state index contributed by atoms with van der Waals surface area (Å²) in [6.07, 6.45) is 1.70. The smallest absolute Gasteiger partial charge is 0.250 e. The van der Waals surface area contributed by atoms with Crippen LogP contribution in [0.4, 0.5) is 5.69 Å². The van der Waals surface area contributed by atoms with Gasteiger partial charge >= 0.3 is 0 Å². The SMILES string of the molecule is CC(=O)CN1CN(c2ccccc2)C2(CCN(C(=O)C(Cc3ccc(Cl)cc3)NC(=O)C3Cc4ccccc4CN3)CC2)C1=O. The lowest BCUT2D eigenvalue weighted by molar-refractivity contribution is -0.141. The van der Waals surface area contributed by atoms with Gasteiger partial charge in [0, 0.05) is 36.8 Å². The van der Waals surface area contributed by atoms with Crippen LogP contribution in [-0.4, -0.2) is 77.2 Å². The molecule has 0 radical (unpaired) electrons. The Hall–Kier alpha value is -4.21. The van der Waals surface area contributed by atoms with Crippen molar-refractivity contribution < 1.29 is 19.2 Å². The van der Waals surface area contributed by atoms with E-state index in [-0.39, 0.29) is 30.0 Å². The van der Waals surface area contributed by atoms with Gasteiger partial charge in [-0.1, -0.05) is 66.2 Å². The van der Waals surface area contributed by atoms with Gasteiger partial charge in [0.15, 0.2) is 0 Å². The minimum absolute atomic E-state index is 0.0570. The monoisotopic (exact) mass is 627 g/mol. The molecule has 0 aromatic heterocycles. The van der Waals surface area contributed by atoms with E-state index < -0.39 is 17.6 Å². The fraction of sp³-hybridized carbons (Fsp3) is 0.371. The molecule has 45 heavy (non-hydrogen) atoms. The van der Waals surface area contributed by atoms with Crippen molar-refractivity contribution >= 4 is 40.8 Å². The lowest BCUT2D eigenvalue weighted by atomic mass is 9.85. The number of nitrogens with zero attached hydrogens (tertiary/aromatic N) is 3. The Kier molecular flexibility index (Phi) is 8.92. The summed E-state index contributed by atoms with van der Waals surface area (Å²) in [6.45, 7) is 3.16. The number of fused-ring (bicyclic) bond motifs is 1. The van der Waals surface area contributed by atoms with Gasteiger partial charge in [0.2, 0.25) is 17.7 Å². The average molecular weight is 628 g/mol. The van der Waals surface area contributed by atoms with Gasteiger partial charge in [-0.15, -0.1) is 0 Å². The number of nitrogens with one attached hydrogen (secondary N) is 2. The second-order valence-corrected chi connectivity index (χ2v) is 12.7. The molecule has 6 rings (SSSR count). The van der Waals surface area contributed by atoms with Gasteiger partial charge in [-0.2, -0.15) is 0 Å². The summed E-state index contributed by atoms with van der Waals surface area (Å²) in [5.41, 5.74) is 3.24. The van der Waals surface area contributed by atoms with E-state index in [1.165, 1.54) is 12.5 Å². The second-order valence-electron chi connectivity index (χ2n) is 12.3. The molecule has 3 aliphatic heterocycles. The normalized spacial score (nSPS) is 19.7. The molecule has 3 heterocycles. The Morgan fingerprint density at radius 1 is 0.956 bits per heavy atom. The molecule has 10 heteroatoms. The van der Waals surface area contributed by atoms with Gasteiger partial charge in [-0.05, 0) is 67.1 Å². The topological polar surface area (TPSA) is 102 Å². The second kappa shape index (κ2) is 13.0. The van der Waals surface area contributed by atoms with Crippen LogP contribution in [0.5, 0.6) is 0 Å². The molecular weight excluding hydrogens is 590 g/mol. The number of ketones is 1. The fourth-order valence-corrected chi connectivity index (χ4v) is 7.00. The molecule has 1 spiro atoms. The molecule has 0 saturated carbocycles. The molecule has 2 saturated heterocycles. The summed E-state index contributed by atoms with van der Waals surface area (Å²) >= 11 is 6.12. The third-order valence-corrected chi connectivity index (χ3v) is 9.52. The summed E-state index contributed by atoms with van der Waals surface area (Å²) in [5, 5.41) is 6.98. The first-order valence-electron chi connectivity index (χ1n) is 15.5. The maximum atomic E-state index is 14.1. The first kappa shape index (κ1) is 30.8. The van der Waals surface area contributed by atoms with E-state index in [4.69, 9.17) is 11.6 Å². The minimum atomic E-state index is -0.845. The van der Waals surface area contributed by atoms with E-state index in [0.29, 0.717) is 57.0 Å². The van der Waals surface area contributed by atoms with Crippen LogP contribution in [-0.2, 0) is 38.6 Å². The van der Waals surface area contributed by atoms with Gasteiger partial charge in [-0.3, -0.25) is 19.2 Å². The van der Waals surface area contributed by atoms with Crippen molar-refractivity contribution in [2.24, 2.45) is 0 Å². The summed E-state index contributed by atoms with van der Waals surface area (Å²) in [6, 6.07) is 23.9. The van der Waals surface area contributed by atoms with Gasteiger partial charge < -0.3 is 25.3 Å². The van der Waals surface area contributed by atoms with E-state index >= 15 is 0 Å². The Morgan fingerprint density at radius 2 is 1.62 bits per heavy atom. The largest absolute Gasteiger partial charge is 0.343 e. The Balaban J connectivity index is 1.20. The third-order valence-electron chi connectivity index (χ3n) is 9.26. The first-order chi connectivity index (χ1) is 21.7. The highest BCUT2D eigenvalue weighted by Gasteiger charge is 2.54. The van der Waals surface area contributed by atoms with E-state index in [1.54, 1.807) is 21.9 Å². The van der Waals surface area contributed by atoms with E-state index in [2.05, 4.69) is 21.6 Å². The molecule has 2 atom stereocenters. The molecule has 3 amide bonds. The number of carbonyl (C=O) groups excluding carboxylic acids is 4. The molecule has 9 nitrogen and oxygen atoms in total. The molecule has 234 valence electrons. The molecule has 3 aliphatic rings. The number of piperidine rings is 1. The Bertz CT molecular complexity index is 1570. The van der Waals surface area contributed by atoms with Crippen LogP contribution in [0.3, 0.4) is 0 Å². The highest BCUT2D eigenvalue weighted by atomic mass is 35.5. The number of hydrogen-bond donors (Lipinski definition) is 2. The molecule has 2 N–H and O–H groups in total. The van der Waals surface area contributed by atoms with E-state index in [9.17, 15) is 19.2 Å². The van der Waals surface area contributed by atoms with Crippen molar-refractivity contribution in [3.8, 4) is 0 Å². The summed E-state index contributed by atoms with van der Waals surface area (Å²) in [5.74, 6) is -0.547. The minimum Gasteiger partial charge on any atom is -0.343 e. The number of carbonyl (C=O) groups is 4. The van der Waals surface area contributed by atoms with E-state index in [1.807, 2.05) is 60.7 Å². The summed E-state index contributed by atoms with van der Waals surface area (Å²) in [4.78, 5) is 59.0. The number of para-hydroxylation sites is 1. The van der Waals surface area contributed by atoms with Gasteiger partial charge in [0.25, 0.3) is 0 Å². The van der Waals surface area contributed by atoms with Crippen molar-refractivity contribution in [3.05, 3.63) is 101 Å². The fourth-order valence-electron chi connectivity index (χ4n) is 6.88. The summed E-state index contributed by atoms with van der Waals surface area (Å²) in [7, 11) is 0. The highest BCUT2D eigenvalue weighted by Crippen LogP contribution is 2.39. The van der Waals surface area contributed by atoms with Gasteiger partial charge in [0.05, 0.1) is 19.3 Å². The molecule has 0 aliphatic carbocycles. The number of halogens is 1. The summed E-state index contributed by atoms with van der Waals surface area (Å²) < 4.78 is 0. The highest BCUT2D eigenvalue weighted by molar-refractivity contribution is 6.30. The van der Waals surface area contributed by atoms with Crippen molar-refractivity contribution in [2.45, 2.75) is 56.8 Å². The van der Waals surface area contributed by atoms with Crippen LogP contribution in [0.25, 0.3) is 0 Å². The number of hydrogen-bond acceptors (Lipinski definition) is 6. The maximum absolute atomic E-state index is 14.1. The predicted octanol–water partition coefficient (Wildman–Crippen LogP) is 3.34. The van der Waals surface area contributed by atoms with Crippen molar-refractivity contribution in [1.82, 2.24) is 20.4 Å². The van der Waals surface area contributed by atoms with Crippen molar-refractivity contribution in [2.75, 3.05) is 31.2 Å². The predicted molar refractivity (Wildman–Crippen MR) is 173 cm³/mol. The number of amides is 3. The third kappa shape index (κ3) is 6.46. The zero-order valence-electron chi connectivity index (χ0n) is 25.4. The lowest BCUT2D eigenvalue weighted by Crippen LogP contribution is -2.60. The lowest BCUT2D eigenvalue weighted by Gasteiger charge is -2.44. The zero-order valence-corrected chi connectivity index (χ0v) is 26.1. The molecule has 2 unspecified atom stereocenters. The molecule has 2 fully saturated rings.